The molecule has 0 aliphatic heterocycles. The number of aromatic nitrogens is 3. The molecule has 0 saturated carbocycles. The molecule has 5 rings (SSSR count). The number of halogens is 3. The van der Waals surface area contributed by atoms with Crippen molar-refractivity contribution in [2.75, 3.05) is 16.4 Å². The molecular formula is C32H26F3N5O3S. The maximum atomic E-state index is 13.1. The molecule has 0 spiro atoms. The third-order valence-corrected chi connectivity index (χ3v) is 7.31. The van der Waals surface area contributed by atoms with Gasteiger partial charge in [0.25, 0.3) is 0 Å². The van der Waals surface area contributed by atoms with Crippen molar-refractivity contribution in [1.29, 1.82) is 0 Å². The average molecular weight is 618 g/mol. The molecular weight excluding hydrogens is 591 g/mol. The second kappa shape index (κ2) is 13.9. The molecule has 0 amide bonds. The van der Waals surface area contributed by atoms with Crippen LogP contribution in [-0.2, 0) is 16.7 Å². The van der Waals surface area contributed by atoms with Gasteiger partial charge in [-0.1, -0.05) is 60.7 Å². The largest absolute Gasteiger partial charge is 0.480 e. The molecule has 0 radical (unpaired) electrons. The van der Waals surface area contributed by atoms with Crippen LogP contribution in [-0.4, -0.2) is 37.8 Å². The Hall–Kier alpha value is -5.10. The zero-order chi connectivity index (χ0) is 30.9. The second-order valence-electron chi connectivity index (χ2n) is 9.45. The van der Waals surface area contributed by atoms with Crippen molar-refractivity contribution >= 4 is 35.3 Å². The van der Waals surface area contributed by atoms with Gasteiger partial charge in [-0.25, -0.2) is 4.79 Å². The fourth-order valence-corrected chi connectivity index (χ4v) is 5.05. The molecule has 1 heterocycles. The highest BCUT2D eigenvalue weighted by Crippen LogP contribution is 2.33. The van der Waals surface area contributed by atoms with E-state index in [0.717, 1.165) is 17.7 Å². The van der Waals surface area contributed by atoms with Crippen LogP contribution in [0.5, 0.6) is 11.5 Å². The van der Waals surface area contributed by atoms with Gasteiger partial charge >= 0.3 is 12.1 Å². The van der Waals surface area contributed by atoms with Crippen LogP contribution in [0.1, 0.15) is 11.1 Å². The number of anilines is 3. The van der Waals surface area contributed by atoms with Gasteiger partial charge in [-0.2, -0.15) is 39.9 Å². The molecule has 0 unspecified atom stereocenters. The fourth-order valence-electron chi connectivity index (χ4n) is 4.04. The van der Waals surface area contributed by atoms with E-state index < -0.39 is 23.8 Å². The van der Waals surface area contributed by atoms with E-state index in [9.17, 15) is 23.1 Å². The summed E-state index contributed by atoms with van der Waals surface area (Å²) >= 11 is 1.43. The fraction of sp³-hybridized carbons (Fsp3) is 0.125. The van der Waals surface area contributed by atoms with Crippen LogP contribution in [0, 0.1) is 0 Å². The molecule has 44 heavy (non-hydrogen) atoms. The lowest BCUT2D eigenvalue weighted by molar-refractivity contribution is -0.138. The minimum absolute atomic E-state index is 0.00662. The number of thioether (sulfide) groups is 1. The van der Waals surface area contributed by atoms with Gasteiger partial charge in [0, 0.05) is 17.2 Å². The minimum atomic E-state index is -4.48. The molecule has 0 aliphatic rings. The summed E-state index contributed by atoms with van der Waals surface area (Å²) in [5.74, 6) is 0.850. The lowest BCUT2D eigenvalue weighted by Crippen LogP contribution is -2.32. The number of nitrogens with zero attached hydrogens (tertiary/aromatic N) is 3. The predicted octanol–water partition coefficient (Wildman–Crippen LogP) is 7.89. The van der Waals surface area contributed by atoms with Crippen molar-refractivity contribution in [3.05, 3.63) is 120 Å². The summed E-state index contributed by atoms with van der Waals surface area (Å²) in [4.78, 5) is 25.5. The number of benzene rings is 4. The van der Waals surface area contributed by atoms with Gasteiger partial charge in [-0.15, -0.1) is 0 Å². The highest BCUT2D eigenvalue weighted by molar-refractivity contribution is 7.98. The van der Waals surface area contributed by atoms with Crippen molar-refractivity contribution in [2.24, 2.45) is 0 Å². The van der Waals surface area contributed by atoms with Crippen LogP contribution in [0.25, 0.3) is 11.4 Å². The molecule has 4 aromatic carbocycles. The predicted molar refractivity (Wildman–Crippen MR) is 164 cm³/mol. The van der Waals surface area contributed by atoms with E-state index in [1.165, 1.54) is 23.9 Å². The number of aliphatic carboxylic acids is 1. The van der Waals surface area contributed by atoms with Gasteiger partial charge in [-0.05, 0) is 54.1 Å². The van der Waals surface area contributed by atoms with Crippen LogP contribution in [0.2, 0.25) is 0 Å². The summed E-state index contributed by atoms with van der Waals surface area (Å²) in [6.45, 7) is 0. The number of nitrogens with one attached hydrogen (secondary N) is 2. The molecule has 8 nitrogen and oxygen atoms in total. The molecule has 1 aromatic heterocycles. The number of ether oxygens (including phenoxy) is 1. The minimum Gasteiger partial charge on any atom is -0.480 e. The zero-order valence-corrected chi connectivity index (χ0v) is 23.8. The maximum absolute atomic E-state index is 13.1. The molecule has 3 N–H and O–H groups in total. The van der Waals surface area contributed by atoms with Crippen molar-refractivity contribution in [1.82, 2.24) is 15.0 Å². The Bertz CT molecular complexity index is 1690. The van der Waals surface area contributed by atoms with Crippen LogP contribution < -0.4 is 15.4 Å². The molecule has 0 aliphatic carbocycles. The summed E-state index contributed by atoms with van der Waals surface area (Å²) in [7, 11) is 0. The topological polar surface area (TPSA) is 109 Å². The first-order valence-electron chi connectivity index (χ1n) is 13.4. The van der Waals surface area contributed by atoms with Crippen LogP contribution in [0.3, 0.4) is 0 Å². The number of carboxylic acid groups (broad SMARTS) is 1. The summed E-state index contributed by atoms with van der Waals surface area (Å²) in [5, 5.41) is 15.7. The first kappa shape index (κ1) is 30.4. The quantitative estimate of drug-likeness (QED) is 0.129. The van der Waals surface area contributed by atoms with Crippen LogP contribution in [0.4, 0.5) is 30.8 Å². The highest BCUT2D eigenvalue weighted by Gasteiger charge is 2.30. The Morgan fingerprint density at radius 1 is 0.818 bits per heavy atom. The molecule has 224 valence electrons. The summed E-state index contributed by atoms with van der Waals surface area (Å²) in [6, 6.07) is 29.1. The second-order valence-corrected chi connectivity index (χ2v) is 10.5. The van der Waals surface area contributed by atoms with E-state index in [-0.39, 0.29) is 23.5 Å². The average Bonchev–Trinajstić information content (AvgIpc) is 3.01. The van der Waals surface area contributed by atoms with Gasteiger partial charge < -0.3 is 20.5 Å². The Morgan fingerprint density at radius 3 is 2.14 bits per heavy atom. The maximum Gasteiger partial charge on any atom is 0.416 e. The number of carbonyl (C=O) groups is 1. The van der Waals surface area contributed by atoms with E-state index in [0.29, 0.717) is 28.5 Å². The Balaban J connectivity index is 1.45. The molecule has 12 heteroatoms. The summed E-state index contributed by atoms with van der Waals surface area (Å²) < 4.78 is 45.3. The zero-order valence-electron chi connectivity index (χ0n) is 23.0. The van der Waals surface area contributed by atoms with Gasteiger partial charge in [0.1, 0.15) is 17.5 Å². The number of hydrogen-bond acceptors (Lipinski definition) is 8. The van der Waals surface area contributed by atoms with Crippen LogP contribution >= 0.6 is 11.8 Å². The van der Waals surface area contributed by atoms with Gasteiger partial charge in [0.15, 0.2) is 5.82 Å². The van der Waals surface area contributed by atoms with E-state index in [4.69, 9.17) is 4.74 Å². The van der Waals surface area contributed by atoms with Gasteiger partial charge in [0.2, 0.25) is 11.9 Å². The lowest BCUT2D eigenvalue weighted by atomic mass is 10.2. The third kappa shape index (κ3) is 8.26. The monoisotopic (exact) mass is 617 g/mol. The Kier molecular flexibility index (Phi) is 9.60. The first-order chi connectivity index (χ1) is 21.2. The van der Waals surface area contributed by atoms with Crippen molar-refractivity contribution in [3.63, 3.8) is 0 Å². The number of hydrogen-bond donors (Lipinski definition) is 3. The number of para-hydroxylation sites is 2. The van der Waals surface area contributed by atoms with Gasteiger partial charge in [-0.3, -0.25) is 0 Å². The number of rotatable bonds is 12. The first-order valence-corrected chi connectivity index (χ1v) is 14.5. The highest BCUT2D eigenvalue weighted by atomic mass is 32.2. The summed E-state index contributed by atoms with van der Waals surface area (Å²) in [5.41, 5.74) is 1.04. The smallest absolute Gasteiger partial charge is 0.416 e. The van der Waals surface area contributed by atoms with Gasteiger partial charge in [0.05, 0.1) is 11.1 Å². The standard InChI is InChI=1S/C32H26F3N5O3S/c33-32(34,35)22-15-17-23(18-16-22)36-30-38-28(25-13-7-8-14-27(25)43-24-11-5-2-6-12-24)39-31(40-30)37-26(29(41)42)20-44-19-21-9-3-1-4-10-21/h1-18,26H,19-20H2,(H,41,42)(H2,36,37,38,39,40)/t26-/m0/s1. The number of alkyl halides is 3. The molecule has 0 fully saturated rings. The van der Waals surface area contributed by atoms with Crippen molar-refractivity contribution < 1.29 is 27.8 Å². The normalized spacial score (nSPS) is 11.9. The lowest BCUT2D eigenvalue weighted by Gasteiger charge is -2.17. The van der Waals surface area contributed by atoms with E-state index in [1.807, 2.05) is 48.5 Å². The van der Waals surface area contributed by atoms with Crippen molar-refractivity contribution in [2.45, 2.75) is 18.0 Å². The Labute approximate surface area is 255 Å². The SMILES string of the molecule is O=C(O)[C@H](CSCc1ccccc1)Nc1nc(Nc2ccc(C(F)(F)F)cc2)nc(-c2ccccc2Oc2ccccc2)n1. The van der Waals surface area contributed by atoms with Crippen molar-refractivity contribution in [3.8, 4) is 22.9 Å². The molecule has 1 atom stereocenters. The number of carboxylic acids is 1. The molecule has 5 aromatic rings. The van der Waals surface area contributed by atoms with E-state index in [2.05, 4.69) is 25.6 Å². The van der Waals surface area contributed by atoms with E-state index in [1.54, 1.807) is 36.4 Å². The molecule has 0 saturated heterocycles. The van der Waals surface area contributed by atoms with Crippen LogP contribution in [0.15, 0.2) is 109 Å². The van der Waals surface area contributed by atoms with E-state index >= 15 is 0 Å². The molecule has 0 bridgehead atoms. The third-order valence-electron chi connectivity index (χ3n) is 6.20. The summed E-state index contributed by atoms with van der Waals surface area (Å²) in [6.07, 6.45) is -4.48. The Morgan fingerprint density at radius 2 is 1.45 bits per heavy atom.